The van der Waals surface area contributed by atoms with E-state index < -0.39 is 36.1 Å². The molecule has 0 saturated carbocycles. The minimum absolute atomic E-state index is 0.0905. The second-order valence-electron chi connectivity index (χ2n) is 6.84. The van der Waals surface area contributed by atoms with Crippen LogP contribution in [0.4, 0.5) is 4.79 Å². The molecule has 0 fully saturated rings. The number of aliphatic hydroxyl groups excluding tert-OH is 3. The molecule has 1 amide bonds. The lowest BCUT2D eigenvalue weighted by molar-refractivity contribution is -0.156. The first-order chi connectivity index (χ1) is 14.6. The van der Waals surface area contributed by atoms with Crippen molar-refractivity contribution < 1.29 is 39.2 Å². The SMILES string of the molecule is CC(O)C(O)C(ONCCNC(=O)OCc1cc(=O)oc2cc(O)c(Br)cc12)C(C)O. The van der Waals surface area contributed by atoms with Crippen molar-refractivity contribution in [1.29, 1.82) is 0 Å². The van der Waals surface area contributed by atoms with Crippen molar-refractivity contribution in [1.82, 2.24) is 10.8 Å². The van der Waals surface area contributed by atoms with Gasteiger partial charge in [-0.15, -0.1) is 0 Å². The van der Waals surface area contributed by atoms with Gasteiger partial charge in [0.15, 0.2) is 0 Å². The summed E-state index contributed by atoms with van der Waals surface area (Å²) in [5, 5.41) is 41.5. The Morgan fingerprint density at radius 3 is 2.52 bits per heavy atom. The lowest BCUT2D eigenvalue weighted by Crippen LogP contribution is -2.47. The number of carbonyl (C=O) groups is 1. The number of hydroxylamine groups is 1. The van der Waals surface area contributed by atoms with Crippen LogP contribution in [0.1, 0.15) is 19.4 Å². The van der Waals surface area contributed by atoms with Crippen LogP contribution in [0.15, 0.2) is 31.9 Å². The maximum Gasteiger partial charge on any atom is 0.407 e. The highest BCUT2D eigenvalue weighted by Crippen LogP contribution is 2.30. The van der Waals surface area contributed by atoms with Crippen molar-refractivity contribution >= 4 is 33.0 Å². The number of rotatable bonds is 10. The number of alkyl carbamates (subject to hydrolysis) is 1. The van der Waals surface area contributed by atoms with Gasteiger partial charge in [-0.1, -0.05) is 0 Å². The zero-order chi connectivity index (χ0) is 23.1. The van der Waals surface area contributed by atoms with E-state index in [1.807, 2.05) is 0 Å². The molecule has 0 bridgehead atoms. The molecule has 1 aromatic heterocycles. The summed E-state index contributed by atoms with van der Waals surface area (Å²) in [6.07, 6.45) is -5.27. The van der Waals surface area contributed by atoms with E-state index in [4.69, 9.17) is 14.0 Å². The lowest BCUT2D eigenvalue weighted by Gasteiger charge is -2.27. The molecule has 0 aliphatic carbocycles. The van der Waals surface area contributed by atoms with Gasteiger partial charge in [0.25, 0.3) is 0 Å². The Labute approximate surface area is 185 Å². The first-order valence-electron chi connectivity index (χ1n) is 9.38. The Kier molecular flexibility index (Phi) is 9.22. The van der Waals surface area contributed by atoms with Crippen LogP contribution < -0.4 is 16.4 Å². The van der Waals surface area contributed by atoms with Crippen molar-refractivity contribution in [3.8, 4) is 5.75 Å². The molecule has 0 spiro atoms. The molecule has 6 N–H and O–H groups in total. The Morgan fingerprint density at radius 1 is 1.16 bits per heavy atom. The summed E-state index contributed by atoms with van der Waals surface area (Å²) in [5.41, 5.74) is 2.39. The standard InChI is InChI=1S/C19H25BrN2O9/c1-9(23)17(27)18(10(2)24)31-22-4-3-21-19(28)29-8-11-5-16(26)30-15-7-14(25)13(20)6-12(11)15/h5-7,9-10,17-18,22-25,27H,3-4,8H2,1-2H3,(H,21,28). The van der Waals surface area contributed by atoms with Gasteiger partial charge >= 0.3 is 11.7 Å². The van der Waals surface area contributed by atoms with Crippen LogP contribution in [0, 0.1) is 0 Å². The molecule has 4 atom stereocenters. The van der Waals surface area contributed by atoms with E-state index in [0.29, 0.717) is 15.4 Å². The number of aliphatic hydroxyl groups is 3. The highest BCUT2D eigenvalue weighted by Gasteiger charge is 2.28. The Morgan fingerprint density at radius 2 is 1.87 bits per heavy atom. The summed E-state index contributed by atoms with van der Waals surface area (Å²) >= 11 is 3.18. The van der Waals surface area contributed by atoms with Crippen LogP contribution in [0.5, 0.6) is 5.75 Å². The van der Waals surface area contributed by atoms with E-state index in [0.717, 1.165) is 0 Å². The maximum atomic E-state index is 11.9. The first kappa shape index (κ1) is 25.0. The topological polar surface area (TPSA) is 171 Å². The van der Waals surface area contributed by atoms with E-state index in [1.54, 1.807) is 6.07 Å². The lowest BCUT2D eigenvalue weighted by atomic mass is 10.1. The van der Waals surface area contributed by atoms with E-state index >= 15 is 0 Å². The van der Waals surface area contributed by atoms with Gasteiger partial charge in [0, 0.05) is 36.2 Å². The number of aromatic hydroxyl groups is 1. The number of ether oxygens (including phenoxy) is 1. The van der Waals surface area contributed by atoms with Gasteiger partial charge in [-0.25, -0.2) is 15.1 Å². The van der Waals surface area contributed by atoms with E-state index in [-0.39, 0.29) is 31.0 Å². The molecular weight excluding hydrogens is 480 g/mol. The van der Waals surface area contributed by atoms with E-state index in [2.05, 4.69) is 26.7 Å². The average Bonchev–Trinajstić information content (AvgIpc) is 2.69. The number of hydrogen-bond donors (Lipinski definition) is 6. The third-order valence-corrected chi connectivity index (χ3v) is 4.91. The van der Waals surface area contributed by atoms with Crippen LogP contribution >= 0.6 is 15.9 Å². The van der Waals surface area contributed by atoms with Crippen molar-refractivity contribution in [3.63, 3.8) is 0 Å². The molecule has 11 nitrogen and oxygen atoms in total. The second-order valence-corrected chi connectivity index (χ2v) is 7.70. The fraction of sp³-hybridized carbons (Fsp3) is 0.474. The number of phenols is 1. The minimum atomic E-state index is -1.30. The quantitative estimate of drug-likeness (QED) is 0.152. The number of nitrogens with one attached hydrogen (secondary N) is 2. The molecule has 0 saturated heterocycles. The second kappa shape index (κ2) is 11.4. The molecule has 0 radical (unpaired) electrons. The van der Waals surface area contributed by atoms with Gasteiger partial charge in [-0.05, 0) is 35.8 Å². The predicted octanol–water partition coefficient (Wildman–Crippen LogP) is 0.500. The number of phenolic OH excluding ortho intramolecular Hbond substituents is 1. The molecule has 31 heavy (non-hydrogen) atoms. The summed E-state index contributed by atoms with van der Waals surface area (Å²) in [7, 11) is 0. The van der Waals surface area contributed by atoms with Crippen molar-refractivity contribution in [3.05, 3.63) is 38.7 Å². The Hall–Kier alpha value is -2.22. The van der Waals surface area contributed by atoms with Crippen LogP contribution in [-0.4, -0.2) is 64.0 Å². The number of benzene rings is 1. The van der Waals surface area contributed by atoms with Crippen LogP contribution in [-0.2, 0) is 16.2 Å². The molecule has 172 valence electrons. The van der Waals surface area contributed by atoms with Crippen LogP contribution in [0.2, 0.25) is 0 Å². The summed E-state index contributed by atoms with van der Waals surface area (Å²) in [4.78, 5) is 28.7. The van der Waals surface area contributed by atoms with Crippen molar-refractivity contribution in [2.24, 2.45) is 0 Å². The molecule has 0 aliphatic heterocycles. The average molecular weight is 505 g/mol. The van der Waals surface area contributed by atoms with Gasteiger partial charge < -0.3 is 34.9 Å². The zero-order valence-corrected chi connectivity index (χ0v) is 18.5. The number of fused-ring (bicyclic) bond motifs is 1. The Bertz CT molecular complexity index is 948. The third-order valence-electron chi connectivity index (χ3n) is 4.28. The molecular formula is C19H25BrN2O9. The zero-order valence-electron chi connectivity index (χ0n) is 16.9. The van der Waals surface area contributed by atoms with E-state index in [1.165, 1.54) is 26.0 Å². The number of halogens is 1. The van der Waals surface area contributed by atoms with Gasteiger partial charge in [0.1, 0.15) is 30.1 Å². The first-order valence-corrected chi connectivity index (χ1v) is 10.2. The Balaban J connectivity index is 1.83. The van der Waals surface area contributed by atoms with Gasteiger partial charge in [-0.2, -0.15) is 0 Å². The summed E-state index contributed by atoms with van der Waals surface area (Å²) < 4.78 is 10.5. The minimum Gasteiger partial charge on any atom is -0.507 e. The number of hydrogen-bond acceptors (Lipinski definition) is 10. The predicted molar refractivity (Wildman–Crippen MR) is 112 cm³/mol. The molecule has 2 rings (SSSR count). The van der Waals surface area contributed by atoms with Crippen molar-refractivity contribution in [2.45, 2.75) is 44.9 Å². The highest BCUT2D eigenvalue weighted by atomic mass is 79.9. The van der Waals surface area contributed by atoms with Gasteiger partial charge in [-0.3, -0.25) is 4.84 Å². The van der Waals surface area contributed by atoms with E-state index in [9.17, 15) is 30.0 Å². The van der Waals surface area contributed by atoms with Crippen LogP contribution in [0.3, 0.4) is 0 Å². The fourth-order valence-electron chi connectivity index (χ4n) is 2.65. The molecule has 1 aromatic carbocycles. The smallest absolute Gasteiger partial charge is 0.407 e. The number of carbonyl (C=O) groups excluding carboxylic acids is 1. The molecule has 2 aromatic rings. The highest BCUT2D eigenvalue weighted by molar-refractivity contribution is 9.10. The van der Waals surface area contributed by atoms with Crippen LogP contribution in [0.25, 0.3) is 11.0 Å². The maximum absolute atomic E-state index is 11.9. The summed E-state index contributed by atoms with van der Waals surface area (Å²) in [6.45, 7) is 2.77. The van der Waals surface area contributed by atoms with Gasteiger partial charge in [0.05, 0.1) is 16.7 Å². The largest absolute Gasteiger partial charge is 0.507 e. The van der Waals surface area contributed by atoms with Gasteiger partial charge in [0.2, 0.25) is 0 Å². The summed E-state index contributed by atoms with van der Waals surface area (Å²) in [6, 6.07) is 4.02. The molecule has 0 aliphatic rings. The molecule has 12 heteroatoms. The molecule has 1 heterocycles. The normalized spacial score (nSPS) is 15.3. The molecule has 4 unspecified atom stereocenters. The number of amides is 1. The fourth-order valence-corrected chi connectivity index (χ4v) is 2.99. The third kappa shape index (κ3) is 7.16. The summed E-state index contributed by atoms with van der Waals surface area (Å²) in [5.74, 6) is -0.0972. The monoisotopic (exact) mass is 504 g/mol. The van der Waals surface area contributed by atoms with Crippen molar-refractivity contribution in [2.75, 3.05) is 13.1 Å².